The minimum atomic E-state index is -0.919. The van der Waals surface area contributed by atoms with Crippen LogP contribution in [0, 0.1) is 13.8 Å². The summed E-state index contributed by atoms with van der Waals surface area (Å²) >= 11 is 6.22. The number of carboxylic acids is 1. The van der Waals surface area contributed by atoms with Gasteiger partial charge in [0.1, 0.15) is 0 Å². The van der Waals surface area contributed by atoms with Gasteiger partial charge in [0.05, 0.1) is 5.56 Å². The summed E-state index contributed by atoms with van der Waals surface area (Å²) in [7, 11) is 0. The van der Waals surface area contributed by atoms with Crippen LogP contribution < -0.4 is 0 Å². The highest BCUT2D eigenvalue weighted by atomic mass is 35.5. The van der Waals surface area contributed by atoms with E-state index in [4.69, 9.17) is 16.7 Å². The first-order chi connectivity index (χ1) is 8.50. The monoisotopic (exact) mass is 260 g/mol. The first kappa shape index (κ1) is 12.7. The van der Waals surface area contributed by atoms with E-state index in [9.17, 15) is 4.79 Å². The van der Waals surface area contributed by atoms with Gasteiger partial charge in [-0.15, -0.1) is 0 Å². The summed E-state index contributed by atoms with van der Waals surface area (Å²) in [6, 6.07) is 11.0. The number of rotatable bonds is 2. The molecule has 1 N–H and O–H groups in total. The SMILES string of the molecule is Cc1ccc(-c2cccc(C(=O)O)c2C)c(Cl)c1. The van der Waals surface area contributed by atoms with Crippen LogP contribution in [-0.4, -0.2) is 11.1 Å². The molecule has 0 heterocycles. The quantitative estimate of drug-likeness (QED) is 0.873. The van der Waals surface area contributed by atoms with E-state index < -0.39 is 5.97 Å². The summed E-state index contributed by atoms with van der Waals surface area (Å²) < 4.78 is 0. The topological polar surface area (TPSA) is 37.3 Å². The van der Waals surface area contributed by atoms with Gasteiger partial charge in [-0.25, -0.2) is 4.79 Å². The van der Waals surface area contributed by atoms with Crippen LogP contribution in [0.1, 0.15) is 21.5 Å². The Bertz CT molecular complexity index is 618. The van der Waals surface area contributed by atoms with Crippen molar-refractivity contribution in [1.29, 1.82) is 0 Å². The molecule has 2 nitrogen and oxygen atoms in total. The Labute approximate surface area is 111 Å². The molecule has 0 radical (unpaired) electrons. The van der Waals surface area contributed by atoms with Crippen molar-refractivity contribution in [3.63, 3.8) is 0 Å². The summed E-state index contributed by atoms with van der Waals surface area (Å²) in [5, 5.41) is 9.76. The molecule has 0 unspecified atom stereocenters. The van der Waals surface area contributed by atoms with Crippen LogP contribution in [0.5, 0.6) is 0 Å². The third kappa shape index (κ3) is 2.24. The molecule has 0 aliphatic heterocycles. The van der Waals surface area contributed by atoms with Gasteiger partial charge >= 0.3 is 5.97 Å². The lowest BCUT2D eigenvalue weighted by Gasteiger charge is -2.11. The second-order valence-corrected chi connectivity index (χ2v) is 4.67. The van der Waals surface area contributed by atoms with Crippen LogP contribution in [0.4, 0.5) is 0 Å². The summed E-state index contributed by atoms with van der Waals surface area (Å²) in [5.74, 6) is -0.919. The van der Waals surface area contributed by atoms with Gasteiger partial charge in [-0.3, -0.25) is 0 Å². The smallest absolute Gasteiger partial charge is 0.335 e. The summed E-state index contributed by atoms with van der Waals surface area (Å²) in [4.78, 5) is 11.1. The Balaban J connectivity index is 2.64. The molecule has 0 spiro atoms. The minimum absolute atomic E-state index is 0.309. The van der Waals surface area contributed by atoms with E-state index in [-0.39, 0.29) is 0 Å². The summed E-state index contributed by atoms with van der Waals surface area (Å²) in [6.07, 6.45) is 0. The summed E-state index contributed by atoms with van der Waals surface area (Å²) in [5.41, 5.74) is 3.85. The molecule has 0 saturated carbocycles. The first-order valence-corrected chi connectivity index (χ1v) is 5.98. The predicted molar refractivity (Wildman–Crippen MR) is 73.3 cm³/mol. The Morgan fingerprint density at radius 2 is 1.83 bits per heavy atom. The van der Waals surface area contributed by atoms with Gasteiger partial charge in [0.2, 0.25) is 0 Å². The molecule has 0 amide bonds. The fraction of sp³-hybridized carbons (Fsp3) is 0.133. The lowest BCUT2D eigenvalue weighted by molar-refractivity contribution is 0.0696. The van der Waals surface area contributed by atoms with Crippen LogP contribution >= 0.6 is 11.6 Å². The van der Waals surface area contributed by atoms with E-state index >= 15 is 0 Å². The number of hydrogen-bond donors (Lipinski definition) is 1. The number of carbonyl (C=O) groups is 1. The number of aromatic carboxylic acids is 1. The van der Waals surface area contributed by atoms with Gasteiger partial charge in [0.15, 0.2) is 0 Å². The molecular weight excluding hydrogens is 248 g/mol. The molecule has 0 fully saturated rings. The highest BCUT2D eigenvalue weighted by Crippen LogP contribution is 2.32. The summed E-state index contributed by atoms with van der Waals surface area (Å²) in [6.45, 7) is 3.77. The number of benzene rings is 2. The van der Waals surface area contributed by atoms with Crippen LogP contribution in [-0.2, 0) is 0 Å². The molecular formula is C15H13ClO2. The predicted octanol–water partition coefficient (Wildman–Crippen LogP) is 4.32. The fourth-order valence-electron chi connectivity index (χ4n) is 2.00. The Morgan fingerprint density at radius 3 is 2.44 bits per heavy atom. The van der Waals surface area contributed by atoms with E-state index in [2.05, 4.69) is 0 Å². The van der Waals surface area contributed by atoms with Crippen molar-refractivity contribution in [3.8, 4) is 11.1 Å². The molecule has 18 heavy (non-hydrogen) atoms. The van der Waals surface area contributed by atoms with Gasteiger partial charge in [0.25, 0.3) is 0 Å². The zero-order valence-corrected chi connectivity index (χ0v) is 11.0. The average molecular weight is 261 g/mol. The van der Waals surface area contributed by atoms with Crippen molar-refractivity contribution in [2.45, 2.75) is 13.8 Å². The second-order valence-electron chi connectivity index (χ2n) is 4.27. The molecule has 3 heteroatoms. The third-order valence-corrected chi connectivity index (χ3v) is 3.29. The van der Waals surface area contributed by atoms with E-state index in [1.165, 1.54) is 0 Å². The van der Waals surface area contributed by atoms with Gasteiger partial charge < -0.3 is 5.11 Å². The van der Waals surface area contributed by atoms with Crippen LogP contribution in [0.3, 0.4) is 0 Å². The van der Waals surface area contributed by atoms with Gasteiger partial charge in [-0.2, -0.15) is 0 Å². The Kier molecular flexibility index (Phi) is 3.39. The molecule has 2 rings (SSSR count). The molecule has 0 aliphatic carbocycles. The van der Waals surface area contributed by atoms with E-state index in [0.29, 0.717) is 10.6 Å². The van der Waals surface area contributed by atoms with E-state index in [0.717, 1.165) is 22.3 Å². The molecule has 0 atom stereocenters. The van der Waals surface area contributed by atoms with Gasteiger partial charge in [-0.05, 0) is 42.7 Å². The second kappa shape index (κ2) is 4.83. The molecule has 2 aromatic carbocycles. The maximum absolute atomic E-state index is 11.1. The molecule has 2 aromatic rings. The Morgan fingerprint density at radius 1 is 1.11 bits per heavy atom. The largest absolute Gasteiger partial charge is 0.478 e. The van der Waals surface area contributed by atoms with Crippen LogP contribution in [0.25, 0.3) is 11.1 Å². The number of aryl methyl sites for hydroxylation is 1. The minimum Gasteiger partial charge on any atom is -0.478 e. The fourth-order valence-corrected chi connectivity index (χ4v) is 2.33. The van der Waals surface area contributed by atoms with Crippen molar-refractivity contribution in [3.05, 3.63) is 58.1 Å². The highest BCUT2D eigenvalue weighted by Gasteiger charge is 2.13. The van der Waals surface area contributed by atoms with Gasteiger partial charge in [0, 0.05) is 10.6 Å². The maximum atomic E-state index is 11.1. The first-order valence-electron chi connectivity index (χ1n) is 5.60. The van der Waals surface area contributed by atoms with Gasteiger partial charge in [-0.1, -0.05) is 35.9 Å². The zero-order valence-electron chi connectivity index (χ0n) is 10.2. The van der Waals surface area contributed by atoms with E-state index in [1.807, 2.05) is 31.2 Å². The molecule has 0 saturated heterocycles. The average Bonchev–Trinajstić information content (AvgIpc) is 2.30. The molecule has 0 aliphatic rings. The molecule has 92 valence electrons. The number of hydrogen-bond acceptors (Lipinski definition) is 1. The van der Waals surface area contributed by atoms with Crippen molar-refractivity contribution in [2.75, 3.05) is 0 Å². The van der Waals surface area contributed by atoms with Crippen molar-refractivity contribution in [1.82, 2.24) is 0 Å². The van der Waals surface area contributed by atoms with Crippen molar-refractivity contribution < 1.29 is 9.90 Å². The van der Waals surface area contributed by atoms with Crippen LogP contribution in [0.2, 0.25) is 5.02 Å². The van der Waals surface area contributed by atoms with Crippen molar-refractivity contribution in [2.24, 2.45) is 0 Å². The number of halogens is 1. The zero-order chi connectivity index (χ0) is 13.3. The Hall–Kier alpha value is -1.80. The normalized spacial score (nSPS) is 10.4. The standard InChI is InChI=1S/C15H13ClO2/c1-9-6-7-13(14(16)8-9)11-4-3-5-12(10(11)2)15(17)18/h3-8H,1-2H3,(H,17,18). The lowest BCUT2D eigenvalue weighted by atomic mass is 9.96. The number of carboxylic acid groups (broad SMARTS) is 1. The maximum Gasteiger partial charge on any atom is 0.335 e. The molecule has 0 aromatic heterocycles. The molecule has 0 bridgehead atoms. The lowest BCUT2D eigenvalue weighted by Crippen LogP contribution is -2.00. The van der Waals surface area contributed by atoms with Crippen LogP contribution in [0.15, 0.2) is 36.4 Å². The van der Waals surface area contributed by atoms with Crippen molar-refractivity contribution >= 4 is 17.6 Å². The highest BCUT2D eigenvalue weighted by molar-refractivity contribution is 6.33. The third-order valence-electron chi connectivity index (χ3n) is 2.98. The van der Waals surface area contributed by atoms with E-state index in [1.54, 1.807) is 19.1 Å².